The molecule has 10 rings (SSSR count). The van der Waals surface area contributed by atoms with Crippen molar-refractivity contribution in [3.8, 4) is 16.8 Å². The summed E-state index contributed by atoms with van der Waals surface area (Å²) in [6, 6.07) is 56.3. The highest BCUT2D eigenvalue weighted by Crippen LogP contribution is 2.63. The number of rotatable bonds is 1. The summed E-state index contributed by atoms with van der Waals surface area (Å²) in [5.74, 6) is 0. The van der Waals surface area contributed by atoms with Crippen molar-refractivity contribution in [1.29, 1.82) is 0 Å². The maximum absolute atomic E-state index is 2.46. The Hall–Kier alpha value is -5.05. The molecule has 0 N–H and O–H groups in total. The van der Waals surface area contributed by atoms with E-state index >= 15 is 0 Å². The topological polar surface area (TPSA) is 4.93 Å². The van der Waals surface area contributed by atoms with Crippen LogP contribution in [0, 0.1) is 0 Å². The first-order chi connectivity index (χ1) is 21.4. The van der Waals surface area contributed by atoms with Crippen LogP contribution in [0.3, 0.4) is 0 Å². The summed E-state index contributed by atoms with van der Waals surface area (Å²) in [5, 5.41) is 5.24. The Kier molecular flexibility index (Phi) is 4.65. The fraction of sp³-hybridized carbons (Fsp3) is 0.0244. The second-order valence-corrected chi connectivity index (χ2v) is 12.7. The smallest absolute Gasteiger partial charge is 0.0735 e. The minimum atomic E-state index is -0.385. The van der Waals surface area contributed by atoms with Gasteiger partial charge in [0, 0.05) is 26.3 Å². The van der Waals surface area contributed by atoms with Gasteiger partial charge in [-0.2, -0.15) is 0 Å². The Balaban J connectivity index is 1.45. The molecule has 43 heavy (non-hydrogen) atoms. The molecule has 0 fully saturated rings. The van der Waals surface area contributed by atoms with E-state index in [4.69, 9.17) is 0 Å². The standard InChI is InChI=1S/C41H25NS/c1-2-13-27(14-3-1)42-35-24-22-26-12-4-5-15-28(26)38(35)39-36(42)25-23-34-40(39)43-37-21-11-10-20-33(37)41(34)31-18-8-6-16-29(31)30-17-7-9-19-32(30)41/h1-25H. The van der Waals surface area contributed by atoms with Crippen molar-refractivity contribution < 1.29 is 0 Å². The van der Waals surface area contributed by atoms with Crippen LogP contribution in [0.15, 0.2) is 161 Å². The molecular formula is C41H25NS. The molecule has 0 unspecified atom stereocenters. The molecular weight excluding hydrogens is 539 g/mol. The maximum Gasteiger partial charge on any atom is 0.0735 e. The Labute approximate surface area is 254 Å². The van der Waals surface area contributed by atoms with Gasteiger partial charge in [0.2, 0.25) is 0 Å². The molecule has 1 aliphatic carbocycles. The van der Waals surface area contributed by atoms with Crippen molar-refractivity contribution in [3.63, 3.8) is 0 Å². The first-order valence-electron chi connectivity index (χ1n) is 14.9. The Morgan fingerprint density at radius 2 is 1.05 bits per heavy atom. The molecule has 7 aromatic carbocycles. The number of hydrogen-bond donors (Lipinski definition) is 0. The van der Waals surface area contributed by atoms with Crippen LogP contribution in [0.5, 0.6) is 0 Å². The monoisotopic (exact) mass is 563 g/mol. The first-order valence-corrected chi connectivity index (χ1v) is 15.7. The fourth-order valence-electron chi connectivity index (χ4n) is 8.03. The van der Waals surface area contributed by atoms with Crippen LogP contribution >= 0.6 is 11.8 Å². The third kappa shape index (κ3) is 2.89. The Bertz CT molecular complexity index is 2390. The average Bonchev–Trinajstić information content (AvgIpc) is 3.57. The molecule has 200 valence electrons. The van der Waals surface area contributed by atoms with Crippen molar-refractivity contribution in [3.05, 3.63) is 174 Å². The van der Waals surface area contributed by atoms with Gasteiger partial charge < -0.3 is 4.57 Å². The summed E-state index contributed by atoms with van der Waals surface area (Å²) in [5.41, 5.74) is 11.5. The second-order valence-electron chi connectivity index (χ2n) is 11.6. The third-order valence-corrected chi connectivity index (χ3v) is 10.9. The lowest BCUT2D eigenvalue weighted by Gasteiger charge is -2.40. The van der Waals surface area contributed by atoms with Crippen LogP contribution in [0.1, 0.15) is 22.3 Å². The molecule has 2 aliphatic rings. The van der Waals surface area contributed by atoms with Gasteiger partial charge in [-0.3, -0.25) is 0 Å². The van der Waals surface area contributed by atoms with Gasteiger partial charge in [-0.15, -0.1) is 0 Å². The van der Waals surface area contributed by atoms with Gasteiger partial charge in [-0.05, 0) is 74.5 Å². The molecule has 8 aromatic rings. The summed E-state index contributed by atoms with van der Waals surface area (Å²) in [6.45, 7) is 0. The Morgan fingerprint density at radius 1 is 0.442 bits per heavy atom. The minimum Gasteiger partial charge on any atom is -0.309 e. The predicted molar refractivity (Wildman–Crippen MR) is 180 cm³/mol. The molecule has 0 saturated carbocycles. The normalized spacial score (nSPS) is 14.1. The van der Waals surface area contributed by atoms with Crippen LogP contribution in [-0.4, -0.2) is 4.57 Å². The highest BCUT2D eigenvalue weighted by molar-refractivity contribution is 7.99. The predicted octanol–water partition coefficient (Wildman–Crippen LogP) is 10.8. The van der Waals surface area contributed by atoms with E-state index in [9.17, 15) is 0 Å². The highest BCUT2D eigenvalue weighted by Gasteiger charge is 2.50. The average molecular weight is 564 g/mol. The molecule has 2 heterocycles. The molecule has 1 aromatic heterocycles. The summed E-state index contributed by atoms with van der Waals surface area (Å²) in [6.07, 6.45) is 0. The molecule has 0 bridgehead atoms. The number of benzene rings is 7. The number of nitrogens with zero attached hydrogens (tertiary/aromatic N) is 1. The van der Waals surface area contributed by atoms with Crippen LogP contribution in [0.4, 0.5) is 0 Å². The first kappa shape index (κ1) is 23.5. The van der Waals surface area contributed by atoms with Gasteiger partial charge in [0.15, 0.2) is 0 Å². The van der Waals surface area contributed by atoms with Crippen molar-refractivity contribution in [2.24, 2.45) is 0 Å². The van der Waals surface area contributed by atoms with Gasteiger partial charge in [0.1, 0.15) is 0 Å². The van der Waals surface area contributed by atoms with Gasteiger partial charge in [0.25, 0.3) is 0 Å². The zero-order valence-corrected chi connectivity index (χ0v) is 24.1. The van der Waals surface area contributed by atoms with E-state index < -0.39 is 0 Å². The number of aromatic nitrogens is 1. The van der Waals surface area contributed by atoms with Gasteiger partial charge in [-0.25, -0.2) is 0 Å². The lowest BCUT2D eigenvalue weighted by Crippen LogP contribution is -2.32. The van der Waals surface area contributed by atoms with E-state index in [0.29, 0.717) is 0 Å². The molecule has 1 spiro atoms. The van der Waals surface area contributed by atoms with Crippen molar-refractivity contribution in [1.82, 2.24) is 4.57 Å². The Morgan fingerprint density at radius 3 is 1.84 bits per heavy atom. The quantitative estimate of drug-likeness (QED) is 0.192. The molecule has 1 nitrogen and oxygen atoms in total. The summed E-state index contributed by atoms with van der Waals surface area (Å²) in [4.78, 5) is 2.69. The fourth-order valence-corrected chi connectivity index (χ4v) is 9.37. The van der Waals surface area contributed by atoms with E-state index in [0.717, 1.165) is 0 Å². The molecule has 0 radical (unpaired) electrons. The van der Waals surface area contributed by atoms with Crippen LogP contribution < -0.4 is 0 Å². The lowest BCUT2D eigenvalue weighted by atomic mass is 9.67. The lowest BCUT2D eigenvalue weighted by molar-refractivity contribution is 0.726. The zero-order chi connectivity index (χ0) is 28.1. The van der Waals surface area contributed by atoms with Crippen molar-refractivity contribution >= 4 is 44.3 Å². The largest absolute Gasteiger partial charge is 0.309 e. The van der Waals surface area contributed by atoms with E-state index in [1.807, 2.05) is 11.8 Å². The van der Waals surface area contributed by atoms with Gasteiger partial charge in [-0.1, -0.05) is 133 Å². The molecule has 1 aliphatic heterocycles. The van der Waals surface area contributed by atoms with Crippen molar-refractivity contribution in [2.45, 2.75) is 15.2 Å². The zero-order valence-electron chi connectivity index (χ0n) is 23.3. The summed E-state index contributed by atoms with van der Waals surface area (Å²) in [7, 11) is 0. The van der Waals surface area contributed by atoms with Crippen molar-refractivity contribution in [2.75, 3.05) is 0 Å². The number of para-hydroxylation sites is 1. The molecule has 0 amide bonds. The van der Waals surface area contributed by atoms with Crippen LogP contribution in [-0.2, 0) is 5.41 Å². The maximum atomic E-state index is 2.46. The summed E-state index contributed by atoms with van der Waals surface area (Å²) >= 11 is 1.94. The summed E-state index contributed by atoms with van der Waals surface area (Å²) < 4.78 is 2.46. The van der Waals surface area contributed by atoms with E-state index in [-0.39, 0.29) is 5.41 Å². The van der Waals surface area contributed by atoms with Gasteiger partial charge in [0.05, 0.1) is 16.4 Å². The molecule has 2 heteroatoms. The second kappa shape index (κ2) is 8.50. The molecule has 0 atom stereocenters. The van der Waals surface area contributed by atoms with Gasteiger partial charge >= 0.3 is 0 Å². The SMILES string of the molecule is c1ccc(-n2c3ccc4c(c3c3c5ccccc5ccc32)Sc2ccccc2C42c3ccccc3-c3ccccc32)cc1. The van der Waals surface area contributed by atoms with Crippen LogP contribution in [0.2, 0.25) is 0 Å². The highest BCUT2D eigenvalue weighted by atomic mass is 32.2. The van der Waals surface area contributed by atoms with E-state index in [1.54, 1.807) is 0 Å². The number of hydrogen-bond acceptors (Lipinski definition) is 1. The van der Waals surface area contributed by atoms with E-state index in [1.165, 1.54) is 81.4 Å². The minimum absolute atomic E-state index is 0.385. The number of fused-ring (bicyclic) bond motifs is 15. The third-order valence-electron chi connectivity index (χ3n) is 9.65. The van der Waals surface area contributed by atoms with E-state index in [2.05, 4.69) is 156 Å². The molecule has 0 saturated heterocycles. The van der Waals surface area contributed by atoms with Crippen LogP contribution in [0.25, 0.3) is 49.4 Å².